The minimum absolute atomic E-state index is 0.294. The molecule has 0 bridgehead atoms. The highest BCUT2D eigenvalue weighted by Gasteiger charge is 2.19. The molecule has 0 aliphatic rings. The molecule has 1 heterocycles. The Morgan fingerprint density at radius 3 is 2.30 bits per heavy atom. The summed E-state index contributed by atoms with van der Waals surface area (Å²) in [6, 6.07) is 18.7. The third-order valence-electron chi connectivity index (χ3n) is 3.60. The first-order valence-electron chi connectivity index (χ1n) is 7.19. The van der Waals surface area contributed by atoms with Crippen molar-refractivity contribution in [2.24, 2.45) is 0 Å². The highest BCUT2D eigenvalue weighted by molar-refractivity contribution is 9.10. The second-order valence-electron chi connectivity index (χ2n) is 5.17. The molecule has 2 aromatic carbocycles. The van der Waals surface area contributed by atoms with Crippen LogP contribution in [-0.2, 0) is 6.54 Å². The predicted molar refractivity (Wildman–Crippen MR) is 92.2 cm³/mol. The van der Waals surface area contributed by atoms with Gasteiger partial charge in [0.1, 0.15) is 6.10 Å². The topological polar surface area (TPSA) is 55.1 Å². The lowest BCUT2D eigenvalue weighted by Gasteiger charge is -2.14. The molecule has 0 saturated heterocycles. The monoisotopic (exact) mass is 370 g/mol. The quantitative estimate of drug-likeness (QED) is 0.767. The van der Waals surface area contributed by atoms with Gasteiger partial charge in [0, 0.05) is 4.47 Å². The molecule has 0 amide bonds. The van der Waals surface area contributed by atoms with Gasteiger partial charge in [-0.2, -0.15) is 5.10 Å². The summed E-state index contributed by atoms with van der Waals surface area (Å²) in [6.07, 6.45) is 0.550. The number of benzene rings is 2. The van der Waals surface area contributed by atoms with Crippen LogP contribution in [0, 0.1) is 0 Å². The van der Waals surface area contributed by atoms with E-state index in [1.807, 2.05) is 48.5 Å². The van der Waals surface area contributed by atoms with Crippen LogP contribution in [0.25, 0.3) is 0 Å². The molecule has 0 aliphatic carbocycles. The second kappa shape index (κ2) is 6.89. The van der Waals surface area contributed by atoms with Crippen LogP contribution in [0.2, 0.25) is 0 Å². The van der Waals surface area contributed by atoms with Gasteiger partial charge in [-0.05, 0) is 27.1 Å². The highest BCUT2D eigenvalue weighted by Crippen LogP contribution is 2.24. The largest absolute Gasteiger partial charge is 0.383 e. The van der Waals surface area contributed by atoms with E-state index in [4.69, 9.17) is 0 Å². The number of hydrogen-bond donors (Lipinski definition) is 1. The lowest BCUT2D eigenvalue weighted by atomic mass is 10.0. The maximum Gasteiger partial charge on any atom is 0.274 e. The minimum Gasteiger partial charge on any atom is -0.383 e. The van der Waals surface area contributed by atoms with Gasteiger partial charge in [0.15, 0.2) is 0 Å². The molecule has 1 unspecified atom stereocenters. The minimum atomic E-state index is -0.997. The molecule has 0 spiro atoms. The first-order valence-corrected chi connectivity index (χ1v) is 7.98. The lowest BCUT2D eigenvalue weighted by molar-refractivity contribution is 0.216. The van der Waals surface area contributed by atoms with Crippen LogP contribution in [0.1, 0.15) is 22.8 Å². The third-order valence-corrected chi connectivity index (χ3v) is 4.23. The fourth-order valence-electron chi connectivity index (χ4n) is 2.40. The first kappa shape index (κ1) is 15.6. The summed E-state index contributed by atoms with van der Waals surface area (Å²) in [5.41, 5.74) is 1.63. The van der Waals surface area contributed by atoms with Crippen molar-refractivity contribution in [2.75, 3.05) is 0 Å². The molecule has 1 atom stereocenters. The number of halogens is 1. The summed E-state index contributed by atoms with van der Waals surface area (Å²) in [6.45, 7) is 0.363. The zero-order chi connectivity index (χ0) is 16.2. The maximum atomic E-state index is 12.7. The summed E-state index contributed by atoms with van der Waals surface area (Å²) in [7, 11) is 0. The van der Waals surface area contributed by atoms with E-state index in [0.717, 1.165) is 5.56 Å². The van der Waals surface area contributed by atoms with Crippen molar-refractivity contribution in [3.63, 3.8) is 0 Å². The fourth-order valence-corrected chi connectivity index (χ4v) is 2.88. The van der Waals surface area contributed by atoms with E-state index in [-0.39, 0.29) is 5.56 Å². The first-order chi connectivity index (χ1) is 11.2. The number of rotatable bonds is 4. The van der Waals surface area contributed by atoms with Gasteiger partial charge < -0.3 is 5.11 Å². The molecular formula is C18H15BrN2O2. The Morgan fingerprint density at radius 1 is 1.04 bits per heavy atom. The van der Waals surface area contributed by atoms with Gasteiger partial charge in [0.05, 0.1) is 18.3 Å². The van der Waals surface area contributed by atoms with Crippen molar-refractivity contribution in [2.45, 2.75) is 12.6 Å². The molecule has 0 saturated carbocycles. The Labute approximate surface area is 142 Å². The van der Waals surface area contributed by atoms with E-state index in [1.165, 1.54) is 4.68 Å². The molecule has 0 aliphatic heterocycles. The van der Waals surface area contributed by atoms with Gasteiger partial charge in [-0.3, -0.25) is 4.79 Å². The van der Waals surface area contributed by atoms with E-state index in [0.29, 0.717) is 22.1 Å². The van der Waals surface area contributed by atoms with E-state index in [2.05, 4.69) is 21.0 Å². The summed E-state index contributed by atoms with van der Waals surface area (Å²) in [4.78, 5) is 12.7. The molecule has 4 nitrogen and oxygen atoms in total. The van der Waals surface area contributed by atoms with Gasteiger partial charge in [-0.15, -0.1) is 0 Å². The van der Waals surface area contributed by atoms with Crippen LogP contribution in [0.5, 0.6) is 0 Å². The number of hydrogen-bond acceptors (Lipinski definition) is 3. The summed E-state index contributed by atoms with van der Waals surface area (Å²) in [5.74, 6) is 0. The van der Waals surface area contributed by atoms with Crippen LogP contribution < -0.4 is 5.56 Å². The molecule has 0 radical (unpaired) electrons. The SMILES string of the molecule is O=c1c(C(O)c2ccccc2)c(Br)cnn1Cc1ccccc1. The van der Waals surface area contributed by atoms with Gasteiger partial charge in [0.2, 0.25) is 0 Å². The number of aliphatic hydroxyl groups excluding tert-OH is 1. The molecular weight excluding hydrogens is 356 g/mol. The summed E-state index contributed by atoms with van der Waals surface area (Å²) in [5, 5.41) is 14.7. The maximum absolute atomic E-state index is 12.7. The molecule has 3 aromatic rings. The average molecular weight is 371 g/mol. The number of nitrogens with zero attached hydrogens (tertiary/aromatic N) is 2. The zero-order valence-corrected chi connectivity index (χ0v) is 13.8. The van der Waals surface area contributed by atoms with Crippen molar-refractivity contribution >= 4 is 15.9 Å². The van der Waals surface area contributed by atoms with E-state index in [1.54, 1.807) is 18.3 Å². The van der Waals surface area contributed by atoms with Gasteiger partial charge in [-0.1, -0.05) is 60.7 Å². The Morgan fingerprint density at radius 2 is 1.65 bits per heavy atom. The third kappa shape index (κ3) is 3.41. The molecule has 5 heteroatoms. The van der Waals surface area contributed by atoms with Crippen LogP contribution in [0.3, 0.4) is 0 Å². The number of aromatic nitrogens is 2. The van der Waals surface area contributed by atoms with Crippen LogP contribution in [-0.4, -0.2) is 14.9 Å². The van der Waals surface area contributed by atoms with E-state index < -0.39 is 6.10 Å². The van der Waals surface area contributed by atoms with Crippen LogP contribution in [0.15, 0.2) is 76.1 Å². The van der Waals surface area contributed by atoms with E-state index >= 15 is 0 Å². The molecule has 0 fully saturated rings. The Kier molecular flexibility index (Phi) is 4.69. The van der Waals surface area contributed by atoms with Crippen molar-refractivity contribution in [1.82, 2.24) is 9.78 Å². The lowest BCUT2D eigenvalue weighted by Crippen LogP contribution is -2.28. The second-order valence-corrected chi connectivity index (χ2v) is 6.02. The molecule has 116 valence electrons. The summed E-state index contributed by atoms with van der Waals surface area (Å²) >= 11 is 3.33. The predicted octanol–water partition coefficient (Wildman–Crippen LogP) is 3.14. The number of aliphatic hydroxyl groups is 1. The van der Waals surface area contributed by atoms with Crippen LogP contribution in [0.4, 0.5) is 0 Å². The van der Waals surface area contributed by atoms with Crippen molar-refractivity contribution < 1.29 is 5.11 Å². The fraction of sp³-hybridized carbons (Fsp3) is 0.111. The Balaban J connectivity index is 2.01. The van der Waals surface area contributed by atoms with Crippen molar-refractivity contribution in [3.05, 3.63) is 98.4 Å². The zero-order valence-electron chi connectivity index (χ0n) is 12.3. The van der Waals surface area contributed by atoms with Crippen LogP contribution >= 0.6 is 15.9 Å². The molecule has 1 aromatic heterocycles. The Bertz CT molecular complexity index is 848. The molecule has 1 N–H and O–H groups in total. The normalized spacial score (nSPS) is 12.1. The summed E-state index contributed by atoms with van der Waals surface area (Å²) < 4.78 is 1.87. The van der Waals surface area contributed by atoms with Gasteiger partial charge >= 0.3 is 0 Å². The Hall–Kier alpha value is -2.24. The van der Waals surface area contributed by atoms with Crippen molar-refractivity contribution in [3.8, 4) is 0 Å². The average Bonchev–Trinajstić information content (AvgIpc) is 2.59. The van der Waals surface area contributed by atoms with Crippen molar-refractivity contribution in [1.29, 1.82) is 0 Å². The smallest absolute Gasteiger partial charge is 0.274 e. The van der Waals surface area contributed by atoms with Gasteiger partial charge in [0.25, 0.3) is 5.56 Å². The van der Waals surface area contributed by atoms with Gasteiger partial charge in [-0.25, -0.2) is 4.68 Å². The highest BCUT2D eigenvalue weighted by atomic mass is 79.9. The molecule has 3 rings (SSSR count). The van der Waals surface area contributed by atoms with E-state index in [9.17, 15) is 9.90 Å². The molecule has 23 heavy (non-hydrogen) atoms. The standard InChI is InChI=1S/C18H15BrN2O2/c19-15-11-20-21(12-13-7-3-1-4-8-13)18(23)16(15)17(22)14-9-5-2-6-10-14/h1-11,17,22H,12H2.